The summed E-state index contributed by atoms with van der Waals surface area (Å²) in [7, 11) is 0. The fourth-order valence-electron chi connectivity index (χ4n) is 2.20. The Morgan fingerprint density at radius 1 is 1.42 bits per heavy atom. The van der Waals surface area contributed by atoms with E-state index in [4.69, 9.17) is 4.74 Å². The average Bonchev–Trinajstić information content (AvgIpc) is 3.02. The molecule has 7 heteroatoms. The van der Waals surface area contributed by atoms with Gasteiger partial charge in [-0.25, -0.2) is 4.98 Å². The summed E-state index contributed by atoms with van der Waals surface area (Å²) < 4.78 is 6.69. The van der Waals surface area contributed by atoms with Crippen LogP contribution in [0.1, 0.15) is 24.7 Å². The van der Waals surface area contributed by atoms with Crippen LogP contribution in [0.2, 0.25) is 0 Å². The molecule has 2 aromatic heterocycles. The van der Waals surface area contributed by atoms with Crippen molar-refractivity contribution in [2.45, 2.75) is 20.3 Å². The molecule has 0 fully saturated rings. The zero-order valence-electron chi connectivity index (χ0n) is 13.4. The van der Waals surface area contributed by atoms with Gasteiger partial charge in [-0.05, 0) is 36.9 Å². The van der Waals surface area contributed by atoms with Crippen molar-refractivity contribution >= 4 is 27.8 Å². The van der Waals surface area contributed by atoms with E-state index in [0.717, 1.165) is 6.42 Å². The number of fused-ring (bicyclic) bond motifs is 1. The highest BCUT2D eigenvalue weighted by Gasteiger charge is 2.08. The van der Waals surface area contributed by atoms with Crippen molar-refractivity contribution in [1.82, 2.24) is 9.66 Å². The van der Waals surface area contributed by atoms with E-state index in [1.54, 1.807) is 25.1 Å². The van der Waals surface area contributed by atoms with Gasteiger partial charge in [-0.1, -0.05) is 6.92 Å². The summed E-state index contributed by atoms with van der Waals surface area (Å²) in [5.74, 6) is 1.14. The van der Waals surface area contributed by atoms with Gasteiger partial charge in [0.15, 0.2) is 0 Å². The molecule has 0 aliphatic carbocycles. The van der Waals surface area contributed by atoms with Crippen LogP contribution in [0.3, 0.4) is 0 Å². The molecule has 0 spiro atoms. The second-order valence-electron chi connectivity index (χ2n) is 5.23. The van der Waals surface area contributed by atoms with E-state index < -0.39 is 0 Å². The SMILES string of the molecule is CCCOc1ccc(/C=N/n2c(C)nc3sccc3c2=O)c(O)c1. The summed E-state index contributed by atoms with van der Waals surface area (Å²) in [5, 5.41) is 16.6. The number of rotatable bonds is 5. The molecule has 0 aliphatic heterocycles. The molecule has 3 aromatic rings. The monoisotopic (exact) mass is 343 g/mol. The van der Waals surface area contributed by atoms with Crippen LogP contribution < -0.4 is 10.3 Å². The Morgan fingerprint density at radius 2 is 2.25 bits per heavy atom. The third-order valence-electron chi connectivity index (χ3n) is 3.42. The number of phenolic OH excluding ortho intramolecular Hbond substituents is 1. The average molecular weight is 343 g/mol. The molecule has 0 saturated heterocycles. The predicted molar refractivity (Wildman–Crippen MR) is 95.5 cm³/mol. The standard InChI is InChI=1S/C17H17N3O3S/c1-3-7-23-13-5-4-12(15(21)9-13)10-18-20-11(2)19-16-14(17(20)22)6-8-24-16/h4-6,8-10,21H,3,7H2,1-2H3/b18-10+. The van der Waals surface area contributed by atoms with E-state index in [9.17, 15) is 9.90 Å². The lowest BCUT2D eigenvalue weighted by Crippen LogP contribution is -2.19. The number of aromatic nitrogens is 2. The lowest BCUT2D eigenvalue weighted by Gasteiger charge is -2.06. The van der Waals surface area contributed by atoms with E-state index in [1.165, 1.54) is 28.3 Å². The molecule has 1 aromatic carbocycles. The quantitative estimate of drug-likeness (QED) is 0.722. The molecule has 1 N–H and O–H groups in total. The van der Waals surface area contributed by atoms with Crippen LogP contribution in [0.15, 0.2) is 39.5 Å². The van der Waals surface area contributed by atoms with E-state index in [2.05, 4.69) is 10.1 Å². The summed E-state index contributed by atoms with van der Waals surface area (Å²) in [6, 6.07) is 6.72. The number of phenols is 1. The molecule has 3 rings (SSSR count). The normalized spacial score (nSPS) is 11.4. The number of hydrogen-bond donors (Lipinski definition) is 1. The molecule has 0 radical (unpaired) electrons. The van der Waals surface area contributed by atoms with E-state index in [-0.39, 0.29) is 11.3 Å². The first-order valence-corrected chi connectivity index (χ1v) is 8.45. The first-order chi connectivity index (χ1) is 11.6. The van der Waals surface area contributed by atoms with Crippen molar-refractivity contribution < 1.29 is 9.84 Å². The number of aryl methyl sites for hydroxylation is 1. The van der Waals surface area contributed by atoms with Crippen molar-refractivity contribution in [1.29, 1.82) is 0 Å². The smallest absolute Gasteiger partial charge is 0.282 e. The van der Waals surface area contributed by atoms with Gasteiger partial charge < -0.3 is 9.84 Å². The number of benzene rings is 1. The number of aromatic hydroxyl groups is 1. The zero-order chi connectivity index (χ0) is 17.1. The van der Waals surface area contributed by atoms with Gasteiger partial charge in [0.1, 0.15) is 22.2 Å². The summed E-state index contributed by atoms with van der Waals surface area (Å²) in [5.41, 5.74) is 0.271. The summed E-state index contributed by atoms with van der Waals surface area (Å²) in [6.45, 7) is 4.33. The molecular formula is C17H17N3O3S. The fourth-order valence-corrected chi connectivity index (χ4v) is 3.00. The maximum absolute atomic E-state index is 12.4. The predicted octanol–water partition coefficient (Wildman–Crippen LogP) is 3.14. The Bertz CT molecular complexity index is 959. The Balaban J connectivity index is 1.92. The van der Waals surface area contributed by atoms with Gasteiger partial charge in [0.05, 0.1) is 18.2 Å². The lowest BCUT2D eigenvalue weighted by atomic mass is 10.2. The second-order valence-corrected chi connectivity index (χ2v) is 6.12. The van der Waals surface area contributed by atoms with E-state index >= 15 is 0 Å². The van der Waals surface area contributed by atoms with Crippen molar-refractivity contribution in [2.75, 3.05) is 6.61 Å². The van der Waals surface area contributed by atoms with Crippen LogP contribution >= 0.6 is 11.3 Å². The van der Waals surface area contributed by atoms with Gasteiger partial charge in [-0.15, -0.1) is 11.3 Å². The topological polar surface area (TPSA) is 76.7 Å². The highest BCUT2D eigenvalue weighted by Crippen LogP contribution is 2.22. The molecule has 24 heavy (non-hydrogen) atoms. The van der Waals surface area contributed by atoms with Gasteiger partial charge in [0.25, 0.3) is 5.56 Å². The Kier molecular flexibility index (Phi) is 4.61. The van der Waals surface area contributed by atoms with Crippen LogP contribution in [-0.2, 0) is 0 Å². The zero-order valence-corrected chi connectivity index (χ0v) is 14.2. The lowest BCUT2D eigenvalue weighted by molar-refractivity contribution is 0.315. The number of ether oxygens (including phenoxy) is 1. The van der Waals surface area contributed by atoms with Crippen LogP contribution in [0, 0.1) is 6.92 Å². The molecule has 0 unspecified atom stereocenters. The molecule has 0 bridgehead atoms. The minimum absolute atomic E-state index is 0.0441. The molecule has 0 saturated carbocycles. The molecule has 6 nitrogen and oxygen atoms in total. The van der Waals surface area contributed by atoms with Crippen LogP contribution in [0.25, 0.3) is 10.2 Å². The van der Waals surface area contributed by atoms with Gasteiger partial charge >= 0.3 is 0 Å². The second kappa shape index (κ2) is 6.84. The molecule has 0 amide bonds. The van der Waals surface area contributed by atoms with E-state index in [1.807, 2.05) is 12.3 Å². The molecule has 124 valence electrons. The Morgan fingerprint density at radius 3 is 3.00 bits per heavy atom. The largest absolute Gasteiger partial charge is 0.507 e. The van der Waals surface area contributed by atoms with Crippen molar-refractivity contribution in [3.63, 3.8) is 0 Å². The van der Waals surface area contributed by atoms with Crippen LogP contribution in [0.5, 0.6) is 11.5 Å². The first-order valence-electron chi connectivity index (χ1n) is 7.57. The molecular weight excluding hydrogens is 326 g/mol. The van der Waals surface area contributed by atoms with Crippen LogP contribution in [0.4, 0.5) is 0 Å². The minimum Gasteiger partial charge on any atom is -0.507 e. The Hall–Kier alpha value is -2.67. The van der Waals surface area contributed by atoms with Gasteiger partial charge in [-0.2, -0.15) is 9.78 Å². The van der Waals surface area contributed by atoms with Gasteiger partial charge in [-0.3, -0.25) is 4.79 Å². The fraction of sp³-hybridized carbons (Fsp3) is 0.235. The number of nitrogens with zero attached hydrogens (tertiary/aromatic N) is 3. The summed E-state index contributed by atoms with van der Waals surface area (Å²) >= 11 is 1.42. The number of hydrogen-bond acceptors (Lipinski definition) is 6. The first kappa shape index (κ1) is 16.2. The van der Waals surface area contributed by atoms with Crippen LogP contribution in [-0.4, -0.2) is 27.6 Å². The third kappa shape index (κ3) is 3.16. The summed E-state index contributed by atoms with van der Waals surface area (Å²) in [4.78, 5) is 17.5. The number of thiophene rings is 1. The summed E-state index contributed by atoms with van der Waals surface area (Å²) in [6.07, 6.45) is 2.33. The van der Waals surface area contributed by atoms with E-state index in [0.29, 0.717) is 34.0 Å². The van der Waals surface area contributed by atoms with Crippen molar-refractivity contribution in [3.05, 3.63) is 51.4 Å². The maximum atomic E-state index is 12.4. The maximum Gasteiger partial charge on any atom is 0.282 e. The van der Waals surface area contributed by atoms with Crippen molar-refractivity contribution in [2.24, 2.45) is 5.10 Å². The highest BCUT2D eigenvalue weighted by atomic mass is 32.1. The Labute approximate surface area is 142 Å². The molecule has 0 atom stereocenters. The molecule has 0 aliphatic rings. The van der Waals surface area contributed by atoms with Gasteiger partial charge in [0.2, 0.25) is 0 Å². The van der Waals surface area contributed by atoms with Gasteiger partial charge in [0, 0.05) is 11.6 Å². The van der Waals surface area contributed by atoms with Crippen molar-refractivity contribution in [3.8, 4) is 11.5 Å². The minimum atomic E-state index is -0.225. The molecule has 2 heterocycles. The highest BCUT2D eigenvalue weighted by molar-refractivity contribution is 7.16. The third-order valence-corrected chi connectivity index (χ3v) is 4.23.